The number of hydrogen-bond donors (Lipinski definition) is 0. The molecule has 1 aromatic rings. The number of likely N-dealkylation sites (tertiary alicyclic amines) is 1. The van der Waals surface area contributed by atoms with Crippen LogP contribution < -0.4 is 0 Å². The lowest BCUT2D eigenvalue weighted by Crippen LogP contribution is -2.43. The molecule has 1 aliphatic heterocycles. The summed E-state index contributed by atoms with van der Waals surface area (Å²) in [5.74, 6) is 2.24. The van der Waals surface area contributed by atoms with Crippen molar-refractivity contribution in [2.24, 2.45) is 0 Å². The van der Waals surface area contributed by atoms with E-state index in [9.17, 15) is 4.79 Å². The van der Waals surface area contributed by atoms with Crippen molar-refractivity contribution in [2.75, 3.05) is 13.1 Å². The first-order chi connectivity index (χ1) is 9.63. The minimum Gasteiger partial charge on any atom is -0.465 e. The molecule has 2 fully saturated rings. The van der Waals surface area contributed by atoms with Gasteiger partial charge in [0.05, 0.1) is 6.54 Å². The molecule has 1 saturated carbocycles. The Labute approximate surface area is 120 Å². The van der Waals surface area contributed by atoms with Crippen molar-refractivity contribution >= 4 is 5.91 Å². The van der Waals surface area contributed by atoms with Gasteiger partial charge in [0.2, 0.25) is 5.91 Å². The highest BCUT2D eigenvalue weighted by Gasteiger charge is 2.35. The fourth-order valence-electron chi connectivity index (χ4n) is 3.23. The van der Waals surface area contributed by atoms with Gasteiger partial charge in [-0.15, -0.1) is 0 Å². The van der Waals surface area contributed by atoms with Gasteiger partial charge in [-0.25, -0.2) is 0 Å². The number of amides is 1. The maximum Gasteiger partial charge on any atom is 0.219 e. The molecule has 3 rings (SSSR count). The monoisotopic (exact) mass is 276 g/mol. The Kier molecular flexibility index (Phi) is 3.83. The summed E-state index contributed by atoms with van der Waals surface area (Å²) in [4.78, 5) is 16.3. The molecular weight excluding hydrogens is 252 g/mol. The summed E-state index contributed by atoms with van der Waals surface area (Å²) in [7, 11) is 0. The summed E-state index contributed by atoms with van der Waals surface area (Å²) in [5, 5.41) is 0. The van der Waals surface area contributed by atoms with Gasteiger partial charge in [-0.1, -0.05) is 0 Å². The van der Waals surface area contributed by atoms with E-state index in [0.717, 1.165) is 31.2 Å². The van der Waals surface area contributed by atoms with Gasteiger partial charge >= 0.3 is 0 Å². The smallest absolute Gasteiger partial charge is 0.219 e. The summed E-state index contributed by atoms with van der Waals surface area (Å²) >= 11 is 0. The van der Waals surface area contributed by atoms with Crippen LogP contribution in [0.3, 0.4) is 0 Å². The summed E-state index contributed by atoms with van der Waals surface area (Å²) < 4.78 is 5.68. The average molecular weight is 276 g/mol. The predicted molar refractivity (Wildman–Crippen MR) is 77.3 cm³/mol. The molecule has 1 unspecified atom stereocenters. The van der Waals surface area contributed by atoms with E-state index in [0.29, 0.717) is 12.1 Å². The average Bonchev–Trinajstić information content (AvgIpc) is 3.02. The number of furan rings is 1. The largest absolute Gasteiger partial charge is 0.465 e. The molecule has 0 aromatic carbocycles. The van der Waals surface area contributed by atoms with Crippen LogP contribution in [0.4, 0.5) is 0 Å². The van der Waals surface area contributed by atoms with E-state index < -0.39 is 0 Å². The molecule has 2 heterocycles. The van der Waals surface area contributed by atoms with E-state index in [-0.39, 0.29) is 5.91 Å². The number of carbonyl (C=O) groups is 1. The van der Waals surface area contributed by atoms with E-state index in [4.69, 9.17) is 4.42 Å². The summed E-state index contributed by atoms with van der Waals surface area (Å²) in [6.45, 7) is 6.55. The van der Waals surface area contributed by atoms with Crippen molar-refractivity contribution in [3.8, 4) is 0 Å². The van der Waals surface area contributed by atoms with Crippen LogP contribution in [0, 0.1) is 6.92 Å². The van der Waals surface area contributed by atoms with Gasteiger partial charge in [-0.05, 0) is 51.3 Å². The van der Waals surface area contributed by atoms with Gasteiger partial charge in [0.15, 0.2) is 0 Å². The Morgan fingerprint density at radius 1 is 1.40 bits per heavy atom. The van der Waals surface area contributed by atoms with Crippen LogP contribution in [0.1, 0.15) is 44.1 Å². The Morgan fingerprint density at radius 2 is 2.20 bits per heavy atom. The van der Waals surface area contributed by atoms with Gasteiger partial charge < -0.3 is 9.32 Å². The van der Waals surface area contributed by atoms with E-state index in [1.54, 1.807) is 6.92 Å². The number of nitrogens with zero attached hydrogens (tertiary/aromatic N) is 2. The summed E-state index contributed by atoms with van der Waals surface area (Å²) in [5.41, 5.74) is 0. The maximum absolute atomic E-state index is 11.8. The zero-order valence-electron chi connectivity index (χ0n) is 12.5. The highest BCUT2D eigenvalue weighted by atomic mass is 16.3. The molecule has 0 bridgehead atoms. The molecule has 1 aliphatic carbocycles. The SMILES string of the molecule is CC(=O)N(CC1CCCN1Cc1ccc(C)o1)C1CC1. The molecule has 1 atom stereocenters. The van der Waals surface area contributed by atoms with Gasteiger partial charge in [0.1, 0.15) is 11.5 Å². The molecule has 2 aliphatic rings. The molecule has 1 saturated heterocycles. The lowest BCUT2D eigenvalue weighted by Gasteiger charge is -2.30. The molecule has 0 spiro atoms. The Balaban J connectivity index is 1.61. The summed E-state index contributed by atoms with van der Waals surface area (Å²) in [6.07, 6.45) is 4.78. The van der Waals surface area contributed by atoms with Crippen molar-refractivity contribution in [3.05, 3.63) is 23.7 Å². The van der Waals surface area contributed by atoms with Gasteiger partial charge in [-0.2, -0.15) is 0 Å². The minimum atomic E-state index is 0.230. The second-order valence-corrected chi connectivity index (χ2v) is 6.18. The van der Waals surface area contributed by atoms with Crippen molar-refractivity contribution in [1.82, 2.24) is 9.80 Å². The van der Waals surface area contributed by atoms with E-state index in [1.165, 1.54) is 25.7 Å². The normalized spacial score (nSPS) is 23.2. The Morgan fingerprint density at radius 3 is 2.80 bits per heavy atom. The fourth-order valence-corrected chi connectivity index (χ4v) is 3.23. The van der Waals surface area contributed by atoms with Gasteiger partial charge in [0.25, 0.3) is 0 Å². The lowest BCUT2D eigenvalue weighted by molar-refractivity contribution is -0.130. The highest BCUT2D eigenvalue weighted by molar-refractivity contribution is 5.74. The maximum atomic E-state index is 11.8. The highest BCUT2D eigenvalue weighted by Crippen LogP contribution is 2.29. The molecule has 1 aromatic heterocycles. The van der Waals surface area contributed by atoms with Crippen molar-refractivity contribution in [2.45, 2.75) is 58.2 Å². The van der Waals surface area contributed by atoms with Crippen LogP contribution in [-0.2, 0) is 11.3 Å². The van der Waals surface area contributed by atoms with E-state index in [2.05, 4.69) is 15.9 Å². The first-order valence-electron chi connectivity index (χ1n) is 7.70. The van der Waals surface area contributed by atoms with E-state index >= 15 is 0 Å². The Hall–Kier alpha value is -1.29. The Bertz CT molecular complexity index is 479. The third kappa shape index (κ3) is 3.06. The van der Waals surface area contributed by atoms with E-state index in [1.807, 2.05) is 13.0 Å². The molecule has 1 amide bonds. The zero-order valence-corrected chi connectivity index (χ0v) is 12.5. The second kappa shape index (κ2) is 5.60. The molecule has 0 radical (unpaired) electrons. The zero-order chi connectivity index (χ0) is 14.1. The number of rotatable bonds is 5. The molecule has 110 valence electrons. The second-order valence-electron chi connectivity index (χ2n) is 6.18. The van der Waals surface area contributed by atoms with Crippen LogP contribution >= 0.6 is 0 Å². The number of hydrogen-bond acceptors (Lipinski definition) is 3. The number of carbonyl (C=O) groups excluding carboxylic acids is 1. The lowest BCUT2D eigenvalue weighted by atomic mass is 10.2. The quantitative estimate of drug-likeness (QED) is 0.829. The predicted octanol–water partition coefficient (Wildman–Crippen LogP) is 2.56. The van der Waals surface area contributed by atoms with Crippen molar-refractivity contribution in [3.63, 3.8) is 0 Å². The first-order valence-corrected chi connectivity index (χ1v) is 7.70. The molecule has 20 heavy (non-hydrogen) atoms. The van der Waals surface area contributed by atoms with Gasteiger partial charge in [-0.3, -0.25) is 9.69 Å². The molecule has 4 heteroatoms. The first kappa shape index (κ1) is 13.7. The molecule has 0 N–H and O–H groups in total. The fraction of sp³-hybridized carbons (Fsp3) is 0.688. The topological polar surface area (TPSA) is 36.7 Å². The van der Waals surface area contributed by atoms with Crippen LogP contribution in [0.25, 0.3) is 0 Å². The summed E-state index contributed by atoms with van der Waals surface area (Å²) in [6, 6.07) is 5.09. The van der Waals surface area contributed by atoms with Gasteiger partial charge in [0, 0.05) is 25.6 Å². The van der Waals surface area contributed by atoms with Crippen LogP contribution in [-0.4, -0.2) is 40.9 Å². The minimum absolute atomic E-state index is 0.230. The number of aryl methyl sites for hydroxylation is 1. The standard InChI is InChI=1S/C16H24N2O2/c1-12-5-8-16(20-12)11-17-9-3-4-15(17)10-18(13(2)19)14-6-7-14/h5,8,14-15H,3-4,6-7,9-11H2,1-2H3. The third-order valence-corrected chi connectivity index (χ3v) is 4.45. The molecular formula is C16H24N2O2. The van der Waals surface area contributed by atoms with Crippen LogP contribution in [0.2, 0.25) is 0 Å². The van der Waals surface area contributed by atoms with Crippen molar-refractivity contribution in [1.29, 1.82) is 0 Å². The van der Waals surface area contributed by atoms with Crippen LogP contribution in [0.5, 0.6) is 0 Å². The van der Waals surface area contributed by atoms with Crippen LogP contribution in [0.15, 0.2) is 16.5 Å². The third-order valence-electron chi connectivity index (χ3n) is 4.45. The van der Waals surface area contributed by atoms with Crippen molar-refractivity contribution < 1.29 is 9.21 Å². The molecule has 4 nitrogen and oxygen atoms in total.